The first kappa shape index (κ1) is 17.6. The van der Waals surface area contributed by atoms with Crippen molar-refractivity contribution < 1.29 is 8.42 Å². The maximum Gasteiger partial charge on any atom is 0.242 e. The standard InChI is InChI=1S/C13H25N3O2S2/c1-5-7-14-9-12-13(6-8-19-12)20(17,18)15-11(2)10-16(3)4/h6,8,11,14-15H,5,7,9-10H2,1-4H3. The predicted molar refractivity (Wildman–Crippen MR) is 84.7 cm³/mol. The molecule has 0 aliphatic carbocycles. The summed E-state index contributed by atoms with van der Waals surface area (Å²) in [5.74, 6) is 0. The van der Waals surface area contributed by atoms with E-state index in [2.05, 4.69) is 17.0 Å². The summed E-state index contributed by atoms with van der Waals surface area (Å²) in [6, 6.07) is 1.56. The van der Waals surface area contributed by atoms with Crippen LogP contribution in [0.3, 0.4) is 0 Å². The van der Waals surface area contributed by atoms with Gasteiger partial charge in [0, 0.05) is 24.0 Å². The van der Waals surface area contributed by atoms with Crippen LogP contribution in [0, 0.1) is 0 Å². The van der Waals surface area contributed by atoms with Crippen LogP contribution in [0.15, 0.2) is 16.3 Å². The van der Waals surface area contributed by atoms with Crippen molar-refractivity contribution in [3.05, 3.63) is 16.3 Å². The van der Waals surface area contributed by atoms with Crippen molar-refractivity contribution in [3.8, 4) is 0 Å². The van der Waals surface area contributed by atoms with Crippen LogP contribution in [-0.2, 0) is 16.6 Å². The van der Waals surface area contributed by atoms with E-state index in [0.717, 1.165) is 17.8 Å². The molecule has 0 fully saturated rings. The highest BCUT2D eigenvalue weighted by Gasteiger charge is 2.21. The van der Waals surface area contributed by atoms with Gasteiger partial charge in [0.15, 0.2) is 0 Å². The minimum absolute atomic E-state index is 0.119. The molecule has 20 heavy (non-hydrogen) atoms. The number of nitrogens with zero attached hydrogens (tertiary/aromatic N) is 1. The Morgan fingerprint density at radius 2 is 2.10 bits per heavy atom. The molecular weight excluding hydrogens is 294 g/mol. The maximum atomic E-state index is 12.4. The minimum Gasteiger partial charge on any atom is -0.312 e. The van der Waals surface area contributed by atoms with Crippen molar-refractivity contribution in [2.75, 3.05) is 27.2 Å². The summed E-state index contributed by atoms with van der Waals surface area (Å²) in [4.78, 5) is 3.23. The van der Waals surface area contributed by atoms with Crippen LogP contribution in [0.1, 0.15) is 25.1 Å². The molecule has 0 bridgehead atoms. The lowest BCUT2D eigenvalue weighted by molar-refractivity contribution is 0.370. The van der Waals surface area contributed by atoms with Crippen molar-refractivity contribution in [3.63, 3.8) is 0 Å². The number of nitrogens with one attached hydrogen (secondary N) is 2. The highest BCUT2D eigenvalue weighted by molar-refractivity contribution is 7.89. The average Bonchev–Trinajstić information content (AvgIpc) is 2.76. The molecule has 1 aromatic heterocycles. The molecule has 1 unspecified atom stereocenters. The van der Waals surface area contributed by atoms with E-state index >= 15 is 0 Å². The van der Waals surface area contributed by atoms with Gasteiger partial charge in [-0.15, -0.1) is 11.3 Å². The summed E-state index contributed by atoms with van der Waals surface area (Å²) >= 11 is 1.48. The van der Waals surface area contributed by atoms with Crippen molar-refractivity contribution in [2.24, 2.45) is 0 Å². The van der Waals surface area contributed by atoms with Crippen LogP contribution >= 0.6 is 11.3 Å². The molecule has 5 nitrogen and oxygen atoms in total. The smallest absolute Gasteiger partial charge is 0.242 e. The van der Waals surface area contributed by atoms with Crippen molar-refractivity contribution in [2.45, 2.75) is 37.8 Å². The molecule has 0 saturated carbocycles. The first-order valence-corrected chi connectivity index (χ1v) is 9.17. The molecule has 2 N–H and O–H groups in total. The summed E-state index contributed by atoms with van der Waals surface area (Å²) in [7, 11) is 0.416. The molecule has 1 aromatic rings. The third-order valence-electron chi connectivity index (χ3n) is 2.70. The fourth-order valence-corrected chi connectivity index (χ4v) is 4.64. The summed E-state index contributed by atoms with van der Waals surface area (Å²) in [6.07, 6.45) is 1.03. The molecule has 0 spiro atoms. The third-order valence-corrected chi connectivity index (χ3v) is 5.43. The number of hydrogen-bond donors (Lipinski definition) is 2. The zero-order valence-corrected chi connectivity index (χ0v) is 14.3. The number of sulfonamides is 1. The largest absolute Gasteiger partial charge is 0.312 e. The second kappa shape index (κ2) is 8.09. The summed E-state index contributed by atoms with van der Waals surface area (Å²) in [5.41, 5.74) is 0. The first-order chi connectivity index (χ1) is 9.36. The van der Waals surface area contributed by atoms with Gasteiger partial charge in [0.1, 0.15) is 0 Å². The lowest BCUT2D eigenvalue weighted by Gasteiger charge is -2.18. The molecule has 0 radical (unpaired) electrons. The van der Waals surface area contributed by atoms with Crippen LogP contribution in [0.2, 0.25) is 0 Å². The highest BCUT2D eigenvalue weighted by Crippen LogP contribution is 2.22. The Labute approximate surface area is 126 Å². The van der Waals surface area contributed by atoms with Crippen molar-refractivity contribution in [1.82, 2.24) is 14.9 Å². The van der Waals surface area contributed by atoms with Crippen molar-refractivity contribution >= 4 is 21.4 Å². The van der Waals surface area contributed by atoms with Gasteiger partial charge >= 0.3 is 0 Å². The first-order valence-electron chi connectivity index (χ1n) is 6.81. The Morgan fingerprint density at radius 1 is 1.40 bits per heavy atom. The second-order valence-corrected chi connectivity index (χ2v) is 7.85. The Morgan fingerprint density at radius 3 is 2.70 bits per heavy atom. The van der Waals surface area contributed by atoms with Crippen LogP contribution in [0.25, 0.3) is 0 Å². The summed E-state index contributed by atoms with van der Waals surface area (Å²) < 4.78 is 27.5. The highest BCUT2D eigenvalue weighted by atomic mass is 32.2. The average molecular weight is 319 g/mol. The molecule has 7 heteroatoms. The Kier molecular flexibility index (Phi) is 7.11. The molecule has 0 aromatic carbocycles. The van der Waals surface area contributed by atoms with E-state index in [1.165, 1.54) is 11.3 Å². The molecule has 1 rings (SSSR count). The van der Waals surface area contributed by atoms with E-state index in [1.54, 1.807) is 6.07 Å². The number of likely N-dealkylation sites (N-methyl/N-ethyl adjacent to an activating group) is 1. The lowest BCUT2D eigenvalue weighted by Crippen LogP contribution is -2.39. The van der Waals surface area contributed by atoms with Gasteiger partial charge in [-0.2, -0.15) is 0 Å². The van der Waals surface area contributed by atoms with Gasteiger partial charge in [0.25, 0.3) is 0 Å². The zero-order chi connectivity index (χ0) is 15.2. The van der Waals surface area contributed by atoms with E-state index in [9.17, 15) is 8.42 Å². The SMILES string of the molecule is CCCNCc1sccc1S(=O)(=O)NC(C)CN(C)C. The molecule has 0 aliphatic heterocycles. The zero-order valence-electron chi connectivity index (χ0n) is 12.6. The lowest BCUT2D eigenvalue weighted by atomic mass is 10.3. The van der Waals surface area contributed by atoms with E-state index in [-0.39, 0.29) is 6.04 Å². The van der Waals surface area contributed by atoms with Gasteiger partial charge in [-0.3, -0.25) is 0 Å². The number of hydrogen-bond acceptors (Lipinski definition) is 5. The van der Waals surface area contributed by atoms with Crippen LogP contribution in [-0.4, -0.2) is 46.5 Å². The fraction of sp³-hybridized carbons (Fsp3) is 0.692. The van der Waals surface area contributed by atoms with Gasteiger partial charge < -0.3 is 10.2 Å². The van der Waals surface area contributed by atoms with E-state index in [0.29, 0.717) is 18.0 Å². The monoisotopic (exact) mass is 319 g/mol. The molecule has 116 valence electrons. The fourth-order valence-electron chi connectivity index (χ4n) is 1.99. The summed E-state index contributed by atoms with van der Waals surface area (Å²) in [5, 5.41) is 5.07. The van der Waals surface area contributed by atoms with Crippen LogP contribution in [0.4, 0.5) is 0 Å². The molecule has 0 aliphatic rings. The second-order valence-electron chi connectivity index (χ2n) is 5.17. The predicted octanol–water partition coefficient (Wildman–Crippen LogP) is 1.48. The normalized spacial score (nSPS) is 13.8. The van der Waals surface area contributed by atoms with E-state index in [1.807, 2.05) is 31.3 Å². The Balaban J connectivity index is 2.74. The van der Waals surface area contributed by atoms with Gasteiger partial charge in [0.05, 0.1) is 4.90 Å². The van der Waals surface area contributed by atoms with E-state index < -0.39 is 10.0 Å². The quantitative estimate of drug-likeness (QED) is 0.677. The number of thiophene rings is 1. The van der Waals surface area contributed by atoms with Gasteiger partial charge in [-0.05, 0) is 45.4 Å². The minimum atomic E-state index is -3.44. The van der Waals surface area contributed by atoms with Gasteiger partial charge in [-0.1, -0.05) is 6.92 Å². The van der Waals surface area contributed by atoms with Gasteiger partial charge in [-0.25, -0.2) is 13.1 Å². The molecule has 1 heterocycles. The number of rotatable bonds is 9. The molecule has 1 atom stereocenters. The maximum absolute atomic E-state index is 12.4. The topological polar surface area (TPSA) is 61.4 Å². The third kappa shape index (κ3) is 5.49. The van der Waals surface area contributed by atoms with Gasteiger partial charge in [0.2, 0.25) is 10.0 Å². The molecule has 0 amide bonds. The summed E-state index contributed by atoms with van der Waals surface area (Å²) in [6.45, 7) is 6.13. The van der Waals surface area contributed by atoms with Crippen molar-refractivity contribution in [1.29, 1.82) is 0 Å². The van der Waals surface area contributed by atoms with E-state index in [4.69, 9.17) is 0 Å². The Hall–Kier alpha value is -0.470. The van der Waals surface area contributed by atoms with Crippen LogP contribution < -0.4 is 10.0 Å². The Bertz CT molecular complexity index is 497. The molecule has 0 saturated heterocycles. The van der Waals surface area contributed by atoms with Crippen LogP contribution in [0.5, 0.6) is 0 Å². The molecular formula is C13H25N3O2S2.